The molecular formula is C29H59NO6. The minimum atomic E-state index is -1.67. The highest BCUT2D eigenvalue weighted by Gasteiger charge is 2.31. The van der Waals surface area contributed by atoms with Crippen LogP contribution in [0.1, 0.15) is 135 Å². The van der Waals surface area contributed by atoms with Gasteiger partial charge < -0.3 is 30.4 Å². The minimum Gasteiger partial charge on any atom is -0.394 e. The molecule has 0 aliphatic heterocycles. The Balaban J connectivity index is 3.51. The van der Waals surface area contributed by atoms with E-state index >= 15 is 0 Å². The predicted octanol–water partition coefficient (Wildman–Crippen LogP) is 4.70. The van der Waals surface area contributed by atoms with E-state index in [9.17, 15) is 25.2 Å². The summed E-state index contributed by atoms with van der Waals surface area (Å²) in [6, 6.07) is 0. The molecule has 5 N–H and O–H groups in total. The first-order chi connectivity index (χ1) is 17.3. The SMILES string of the molecule is CCCCCCCCCCCCCCCCCCCCCC(=O)N(C)C[C@H](O)[C@@H](O)[C@H](O)[C@H](O)CO. The first kappa shape index (κ1) is 35.3. The number of aliphatic hydroxyl groups excluding tert-OH is 5. The molecule has 0 aliphatic carbocycles. The van der Waals surface area contributed by atoms with Crippen molar-refractivity contribution in [2.45, 2.75) is 160 Å². The summed E-state index contributed by atoms with van der Waals surface area (Å²) in [5.41, 5.74) is 0. The molecule has 7 nitrogen and oxygen atoms in total. The molecule has 0 unspecified atom stereocenters. The summed E-state index contributed by atoms with van der Waals surface area (Å²) >= 11 is 0. The Hall–Kier alpha value is -0.730. The van der Waals surface area contributed by atoms with E-state index < -0.39 is 31.0 Å². The zero-order chi connectivity index (χ0) is 27.0. The highest BCUT2D eigenvalue weighted by Crippen LogP contribution is 2.15. The lowest BCUT2D eigenvalue weighted by molar-refractivity contribution is -0.138. The third-order valence-corrected chi connectivity index (χ3v) is 7.21. The van der Waals surface area contributed by atoms with Crippen molar-refractivity contribution in [3.05, 3.63) is 0 Å². The second kappa shape index (κ2) is 24.6. The molecule has 0 aromatic heterocycles. The topological polar surface area (TPSA) is 121 Å². The molecule has 0 aromatic rings. The molecule has 1 amide bonds. The number of hydrogen-bond acceptors (Lipinski definition) is 6. The van der Waals surface area contributed by atoms with Crippen molar-refractivity contribution in [1.82, 2.24) is 4.90 Å². The second-order valence-electron chi connectivity index (χ2n) is 10.7. The summed E-state index contributed by atoms with van der Waals surface area (Å²) in [5.74, 6) is -0.120. The van der Waals surface area contributed by atoms with Gasteiger partial charge in [0.15, 0.2) is 0 Å². The number of hydrogen-bond donors (Lipinski definition) is 5. The van der Waals surface area contributed by atoms with E-state index in [4.69, 9.17) is 5.11 Å². The molecule has 0 saturated heterocycles. The maximum absolute atomic E-state index is 12.2. The van der Waals surface area contributed by atoms with E-state index in [0.29, 0.717) is 6.42 Å². The van der Waals surface area contributed by atoms with E-state index in [1.807, 2.05) is 0 Å². The number of aliphatic hydroxyl groups is 5. The summed E-state index contributed by atoms with van der Waals surface area (Å²) < 4.78 is 0. The average molecular weight is 518 g/mol. The molecule has 0 saturated carbocycles. The van der Waals surface area contributed by atoms with Gasteiger partial charge >= 0.3 is 0 Å². The summed E-state index contributed by atoms with van der Waals surface area (Å²) in [4.78, 5) is 13.6. The molecule has 216 valence electrons. The Kier molecular flexibility index (Phi) is 24.1. The maximum Gasteiger partial charge on any atom is 0.222 e. The van der Waals surface area contributed by atoms with Crippen molar-refractivity contribution in [3.63, 3.8) is 0 Å². The fraction of sp³-hybridized carbons (Fsp3) is 0.966. The summed E-state index contributed by atoms with van der Waals surface area (Å²) in [5, 5.41) is 47.7. The average Bonchev–Trinajstić information content (AvgIpc) is 2.88. The van der Waals surface area contributed by atoms with Crippen LogP contribution in [0.5, 0.6) is 0 Å². The lowest BCUT2D eigenvalue weighted by Crippen LogP contribution is -2.49. The number of carbonyl (C=O) groups excluding carboxylic acids is 1. The van der Waals surface area contributed by atoms with E-state index in [-0.39, 0.29) is 12.5 Å². The third-order valence-electron chi connectivity index (χ3n) is 7.21. The van der Waals surface area contributed by atoms with Crippen molar-refractivity contribution in [1.29, 1.82) is 0 Å². The largest absolute Gasteiger partial charge is 0.394 e. The van der Waals surface area contributed by atoms with E-state index in [0.717, 1.165) is 19.3 Å². The van der Waals surface area contributed by atoms with Gasteiger partial charge in [0, 0.05) is 20.0 Å². The van der Waals surface area contributed by atoms with Crippen molar-refractivity contribution >= 4 is 5.91 Å². The van der Waals surface area contributed by atoms with Gasteiger partial charge in [-0.3, -0.25) is 4.79 Å². The van der Waals surface area contributed by atoms with Crippen molar-refractivity contribution in [2.75, 3.05) is 20.2 Å². The maximum atomic E-state index is 12.2. The number of amides is 1. The quantitative estimate of drug-likeness (QED) is 0.106. The number of unbranched alkanes of at least 4 members (excludes halogenated alkanes) is 18. The Bertz CT molecular complexity index is 492. The molecule has 4 atom stereocenters. The molecule has 0 radical (unpaired) electrons. The number of nitrogens with zero attached hydrogens (tertiary/aromatic N) is 1. The van der Waals surface area contributed by atoms with Gasteiger partial charge in [-0.25, -0.2) is 0 Å². The molecule has 0 aliphatic rings. The first-order valence-electron chi connectivity index (χ1n) is 14.9. The molecule has 0 heterocycles. The van der Waals surface area contributed by atoms with Crippen LogP contribution < -0.4 is 0 Å². The van der Waals surface area contributed by atoms with Crippen LogP contribution in [0.4, 0.5) is 0 Å². The molecule has 0 aromatic carbocycles. The van der Waals surface area contributed by atoms with Crippen LogP contribution >= 0.6 is 0 Å². The fourth-order valence-corrected chi connectivity index (χ4v) is 4.60. The standard InChI is InChI=1S/C29H59NO6/c1-3-4-5-6-7-8-9-10-11-12-13-14-15-16-17-18-19-20-21-22-27(34)30(2)23-25(32)28(35)29(36)26(33)24-31/h25-26,28-29,31-33,35-36H,3-24H2,1-2H3/t25-,26+,28+,29+/m0/s1. The van der Waals surface area contributed by atoms with Crippen LogP contribution in [0, 0.1) is 0 Å². The first-order valence-corrected chi connectivity index (χ1v) is 14.9. The van der Waals surface area contributed by atoms with Crippen LogP contribution in [0.15, 0.2) is 0 Å². The van der Waals surface area contributed by atoms with Crippen LogP contribution in [-0.2, 0) is 4.79 Å². The van der Waals surface area contributed by atoms with Crippen LogP contribution in [0.3, 0.4) is 0 Å². The molecular weight excluding hydrogens is 458 g/mol. The van der Waals surface area contributed by atoms with Gasteiger partial charge in [0.25, 0.3) is 0 Å². The Morgan fingerprint density at radius 1 is 0.583 bits per heavy atom. The smallest absolute Gasteiger partial charge is 0.222 e. The number of likely N-dealkylation sites (N-methyl/N-ethyl adjacent to an activating group) is 1. The predicted molar refractivity (Wildman–Crippen MR) is 147 cm³/mol. The van der Waals surface area contributed by atoms with Gasteiger partial charge in [-0.05, 0) is 6.42 Å². The van der Waals surface area contributed by atoms with Crippen LogP contribution in [0.2, 0.25) is 0 Å². The monoisotopic (exact) mass is 517 g/mol. The lowest BCUT2D eigenvalue weighted by Gasteiger charge is -2.28. The minimum absolute atomic E-state index is 0.120. The Labute approximate surface area is 221 Å². The lowest BCUT2D eigenvalue weighted by atomic mass is 10.0. The van der Waals surface area contributed by atoms with E-state index in [1.165, 1.54) is 108 Å². The highest BCUT2D eigenvalue weighted by molar-refractivity contribution is 5.75. The fourth-order valence-electron chi connectivity index (χ4n) is 4.60. The van der Waals surface area contributed by atoms with Gasteiger partial charge in [0.1, 0.15) is 24.4 Å². The summed E-state index contributed by atoms with van der Waals surface area (Å²) in [6.45, 7) is 1.40. The zero-order valence-electron chi connectivity index (χ0n) is 23.5. The van der Waals surface area contributed by atoms with E-state index in [1.54, 1.807) is 7.05 Å². The Morgan fingerprint density at radius 3 is 1.28 bits per heavy atom. The molecule has 0 spiro atoms. The number of rotatable bonds is 26. The highest BCUT2D eigenvalue weighted by atomic mass is 16.4. The van der Waals surface area contributed by atoms with Crippen LogP contribution in [-0.4, -0.2) is 81.0 Å². The van der Waals surface area contributed by atoms with Gasteiger partial charge in [-0.15, -0.1) is 0 Å². The van der Waals surface area contributed by atoms with E-state index in [2.05, 4.69) is 6.92 Å². The zero-order valence-corrected chi connectivity index (χ0v) is 23.5. The van der Waals surface area contributed by atoms with Gasteiger partial charge in [-0.1, -0.05) is 122 Å². The van der Waals surface area contributed by atoms with Gasteiger partial charge in [0.05, 0.1) is 6.61 Å². The normalized spacial score (nSPS) is 15.0. The molecule has 0 rings (SSSR count). The van der Waals surface area contributed by atoms with Gasteiger partial charge in [-0.2, -0.15) is 0 Å². The number of carbonyl (C=O) groups is 1. The van der Waals surface area contributed by atoms with Crippen LogP contribution in [0.25, 0.3) is 0 Å². The molecule has 0 bridgehead atoms. The summed E-state index contributed by atoms with van der Waals surface area (Å²) in [6.07, 6.45) is 18.9. The van der Waals surface area contributed by atoms with Gasteiger partial charge in [0.2, 0.25) is 5.91 Å². The summed E-state index contributed by atoms with van der Waals surface area (Å²) in [7, 11) is 1.54. The molecule has 0 fully saturated rings. The third kappa shape index (κ3) is 19.4. The molecule has 7 heteroatoms. The van der Waals surface area contributed by atoms with Crippen molar-refractivity contribution in [2.24, 2.45) is 0 Å². The second-order valence-corrected chi connectivity index (χ2v) is 10.7. The van der Waals surface area contributed by atoms with Crippen molar-refractivity contribution in [3.8, 4) is 0 Å². The Morgan fingerprint density at radius 2 is 0.917 bits per heavy atom. The van der Waals surface area contributed by atoms with Crippen molar-refractivity contribution < 1.29 is 30.3 Å². The molecule has 36 heavy (non-hydrogen) atoms.